The Balaban J connectivity index is 1.48. The first kappa shape index (κ1) is 21.4. The Labute approximate surface area is 207 Å². The molecule has 3 aliphatic rings. The quantitative estimate of drug-likeness (QED) is 0.314. The Morgan fingerprint density at radius 2 is 1.94 bits per heavy atom. The predicted octanol–water partition coefficient (Wildman–Crippen LogP) is 4.54. The van der Waals surface area contributed by atoms with Crippen LogP contribution in [0.3, 0.4) is 0 Å². The second-order valence-corrected chi connectivity index (χ2v) is 9.72. The van der Waals surface area contributed by atoms with Crippen molar-refractivity contribution >= 4 is 52.1 Å². The summed E-state index contributed by atoms with van der Waals surface area (Å²) >= 11 is 11.9. The zero-order valence-corrected chi connectivity index (χ0v) is 20.2. The molecule has 1 saturated carbocycles. The molecule has 6 rings (SSSR count). The molecule has 2 N–H and O–H groups in total. The van der Waals surface area contributed by atoms with Crippen molar-refractivity contribution in [1.29, 1.82) is 0 Å². The summed E-state index contributed by atoms with van der Waals surface area (Å²) in [6.45, 7) is 0.498. The molecule has 1 aromatic carbocycles. The maximum Gasteiger partial charge on any atom is 0.208 e. The van der Waals surface area contributed by atoms with Crippen molar-refractivity contribution < 1.29 is 5.11 Å². The molecule has 3 aromatic rings. The highest BCUT2D eigenvalue weighted by Crippen LogP contribution is 2.42. The van der Waals surface area contributed by atoms with E-state index >= 15 is 0 Å². The van der Waals surface area contributed by atoms with Crippen LogP contribution in [0, 0.1) is 0 Å². The summed E-state index contributed by atoms with van der Waals surface area (Å²) in [6, 6.07) is 11.3. The van der Waals surface area contributed by atoms with Gasteiger partial charge in [0.2, 0.25) is 5.96 Å². The molecule has 10 heteroatoms. The number of guanidine groups is 1. The number of aromatic hydroxyl groups is 1. The fraction of sp³-hybridized carbons (Fsp3) is 0.333. The molecule has 2 aliphatic heterocycles. The van der Waals surface area contributed by atoms with Crippen molar-refractivity contribution in [3.05, 3.63) is 58.9 Å². The van der Waals surface area contributed by atoms with E-state index in [0.29, 0.717) is 22.7 Å². The van der Waals surface area contributed by atoms with Gasteiger partial charge in [-0.1, -0.05) is 42.7 Å². The lowest BCUT2D eigenvalue weighted by Crippen LogP contribution is -2.52. The Kier molecular flexibility index (Phi) is 5.18. The van der Waals surface area contributed by atoms with Crippen molar-refractivity contribution in [3.63, 3.8) is 0 Å². The maximum absolute atomic E-state index is 9.73. The molecule has 0 bridgehead atoms. The number of hydrogen-bond acceptors (Lipinski definition) is 7. The molecule has 174 valence electrons. The summed E-state index contributed by atoms with van der Waals surface area (Å²) in [5.41, 5.74) is 2.69. The zero-order chi connectivity index (χ0) is 23.4. The van der Waals surface area contributed by atoms with Crippen LogP contribution >= 0.6 is 23.8 Å². The Morgan fingerprint density at radius 3 is 2.71 bits per heavy atom. The summed E-state index contributed by atoms with van der Waals surface area (Å²) in [4.78, 5) is 14.3. The number of aromatic nitrogens is 3. The molecule has 4 heterocycles. The number of pyridine rings is 1. The number of thiocarbonyl (C=S) groups is 1. The zero-order valence-electron chi connectivity index (χ0n) is 18.6. The maximum atomic E-state index is 9.73. The number of nitrogens with one attached hydrogen (secondary N) is 1. The molecule has 0 amide bonds. The van der Waals surface area contributed by atoms with Gasteiger partial charge in [0, 0.05) is 18.9 Å². The number of hydrogen-bond donors (Lipinski definition) is 2. The van der Waals surface area contributed by atoms with Crippen LogP contribution in [-0.4, -0.2) is 54.9 Å². The monoisotopic (exact) mass is 493 g/mol. The van der Waals surface area contributed by atoms with Gasteiger partial charge in [-0.15, -0.1) is 0 Å². The van der Waals surface area contributed by atoms with E-state index in [9.17, 15) is 5.11 Å². The Morgan fingerprint density at radius 1 is 1.15 bits per heavy atom. The van der Waals surface area contributed by atoms with Crippen molar-refractivity contribution in [2.24, 2.45) is 4.99 Å². The van der Waals surface area contributed by atoms with Gasteiger partial charge in [-0.2, -0.15) is 5.10 Å². The van der Waals surface area contributed by atoms with Gasteiger partial charge in [0.1, 0.15) is 21.7 Å². The van der Waals surface area contributed by atoms with Crippen molar-refractivity contribution in [1.82, 2.24) is 19.7 Å². The molecule has 0 spiro atoms. The number of rotatable bonds is 4. The SMILES string of the molecule is CN1C(=S)c2c(nn(Cc3ccc(Cl)nc3)c2Nc2ccc(O)cc2)N2C1=NC1CCCCC12. The molecule has 1 aliphatic carbocycles. The van der Waals surface area contributed by atoms with Gasteiger partial charge in [-0.3, -0.25) is 4.90 Å². The summed E-state index contributed by atoms with van der Waals surface area (Å²) < 4.78 is 1.93. The van der Waals surface area contributed by atoms with Gasteiger partial charge in [-0.05, 0) is 48.7 Å². The van der Waals surface area contributed by atoms with E-state index in [1.807, 2.05) is 34.8 Å². The smallest absolute Gasteiger partial charge is 0.208 e. The van der Waals surface area contributed by atoms with Crippen LogP contribution in [0.4, 0.5) is 17.3 Å². The molecule has 0 saturated heterocycles. The number of phenols is 1. The molecular formula is C24H24ClN7OS. The van der Waals surface area contributed by atoms with Crippen LogP contribution in [0.25, 0.3) is 0 Å². The van der Waals surface area contributed by atoms with Crippen LogP contribution in [0.5, 0.6) is 5.75 Å². The average molecular weight is 494 g/mol. The third kappa shape index (κ3) is 3.50. The standard InChI is InChI=1S/C24H24ClN7OS/c1-30-23(34)20-21(27-15-7-9-16(33)10-8-15)31(13-14-6-11-19(25)26-12-14)29-22(20)32-18-5-3-2-4-17(18)28-24(30)32/h6-12,17-18,27,33H,2-5,13H2,1H3. The average Bonchev–Trinajstić information content (AvgIpc) is 3.39. The minimum absolute atomic E-state index is 0.213. The van der Waals surface area contributed by atoms with E-state index in [-0.39, 0.29) is 11.8 Å². The Hall–Kier alpha value is -3.17. The molecule has 2 atom stereocenters. The van der Waals surface area contributed by atoms with E-state index < -0.39 is 0 Å². The van der Waals surface area contributed by atoms with E-state index in [4.69, 9.17) is 33.9 Å². The number of benzene rings is 1. The molecule has 1 fully saturated rings. The first-order valence-corrected chi connectivity index (χ1v) is 12.2. The largest absolute Gasteiger partial charge is 0.508 e. The van der Waals surface area contributed by atoms with Gasteiger partial charge >= 0.3 is 0 Å². The van der Waals surface area contributed by atoms with Gasteiger partial charge in [0.15, 0.2) is 5.82 Å². The predicted molar refractivity (Wildman–Crippen MR) is 137 cm³/mol. The molecule has 2 unspecified atom stereocenters. The molecule has 2 aromatic heterocycles. The van der Waals surface area contributed by atoms with Crippen LogP contribution < -0.4 is 10.2 Å². The molecule has 0 radical (unpaired) electrons. The summed E-state index contributed by atoms with van der Waals surface area (Å²) in [5, 5.41) is 18.8. The van der Waals surface area contributed by atoms with Gasteiger partial charge < -0.3 is 15.3 Å². The topological polar surface area (TPSA) is 81.8 Å². The number of anilines is 3. The van der Waals surface area contributed by atoms with Crippen LogP contribution in [-0.2, 0) is 6.54 Å². The first-order valence-electron chi connectivity index (χ1n) is 11.4. The first-order chi connectivity index (χ1) is 16.5. The minimum Gasteiger partial charge on any atom is -0.508 e. The number of aliphatic imine (C=N–C) groups is 1. The molecule has 8 nitrogen and oxygen atoms in total. The van der Waals surface area contributed by atoms with Crippen molar-refractivity contribution in [2.45, 2.75) is 44.3 Å². The summed E-state index contributed by atoms with van der Waals surface area (Å²) in [5.74, 6) is 2.75. The van der Waals surface area contributed by atoms with E-state index in [1.165, 1.54) is 12.8 Å². The van der Waals surface area contributed by atoms with E-state index in [1.54, 1.807) is 24.4 Å². The summed E-state index contributed by atoms with van der Waals surface area (Å²) in [7, 11) is 1.99. The Bertz CT molecular complexity index is 1290. The highest BCUT2D eigenvalue weighted by atomic mass is 35.5. The van der Waals surface area contributed by atoms with Crippen molar-refractivity contribution in [3.8, 4) is 5.75 Å². The third-order valence-electron chi connectivity index (χ3n) is 6.75. The molecule has 34 heavy (non-hydrogen) atoms. The van der Waals surface area contributed by atoms with Crippen LogP contribution in [0.2, 0.25) is 5.15 Å². The lowest BCUT2D eigenvalue weighted by atomic mass is 9.90. The highest BCUT2D eigenvalue weighted by Gasteiger charge is 2.47. The highest BCUT2D eigenvalue weighted by molar-refractivity contribution is 7.80. The summed E-state index contributed by atoms with van der Waals surface area (Å²) in [6.07, 6.45) is 6.35. The number of fused-ring (bicyclic) bond motifs is 5. The molecular weight excluding hydrogens is 470 g/mol. The van der Waals surface area contributed by atoms with Crippen LogP contribution in [0.15, 0.2) is 47.6 Å². The second kappa shape index (κ2) is 8.25. The lowest BCUT2D eigenvalue weighted by molar-refractivity contribution is 0.402. The third-order valence-corrected chi connectivity index (χ3v) is 7.46. The minimum atomic E-state index is 0.213. The number of nitrogens with zero attached hydrogens (tertiary/aromatic N) is 6. The van der Waals surface area contributed by atoms with Crippen LogP contribution in [0.1, 0.15) is 36.8 Å². The fourth-order valence-corrected chi connectivity index (χ4v) is 5.45. The second-order valence-electron chi connectivity index (χ2n) is 8.95. The number of phenolic OH excluding ortho intramolecular Hbond substituents is 1. The van der Waals surface area contributed by atoms with E-state index in [0.717, 1.165) is 47.3 Å². The number of halogens is 1. The van der Waals surface area contributed by atoms with E-state index in [2.05, 4.69) is 15.2 Å². The fourth-order valence-electron chi connectivity index (χ4n) is 5.07. The van der Waals surface area contributed by atoms with Gasteiger partial charge in [0.25, 0.3) is 0 Å². The lowest BCUT2D eigenvalue weighted by Gasteiger charge is -2.37. The van der Waals surface area contributed by atoms with Crippen molar-refractivity contribution in [2.75, 3.05) is 17.3 Å². The normalized spacial score (nSPS) is 21.1. The van der Waals surface area contributed by atoms with Gasteiger partial charge in [0.05, 0.1) is 24.2 Å². The van der Waals surface area contributed by atoms with Gasteiger partial charge in [-0.25, -0.2) is 14.7 Å².